The second-order valence-electron chi connectivity index (χ2n) is 7.00. The van der Waals surface area contributed by atoms with E-state index in [2.05, 4.69) is 4.98 Å². The molecule has 1 amide bonds. The van der Waals surface area contributed by atoms with Gasteiger partial charge in [0.05, 0.1) is 23.0 Å². The molecule has 0 spiro atoms. The molecule has 0 aliphatic rings. The molecule has 0 unspecified atom stereocenters. The number of aromatic nitrogens is 1. The molecular weight excluding hydrogens is 458 g/mol. The number of pyridine rings is 1. The van der Waals surface area contributed by atoms with E-state index in [9.17, 15) is 31.1 Å². The first-order chi connectivity index (χ1) is 14.8. The van der Waals surface area contributed by atoms with Crippen LogP contribution in [0, 0.1) is 6.92 Å². The van der Waals surface area contributed by atoms with Crippen LogP contribution in [0.5, 0.6) is 0 Å². The van der Waals surface area contributed by atoms with E-state index in [4.69, 9.17) is 11.6 Å². The molecule has 0 atom stereocenters. The third-order valence-electron chi connectivity index (χ3n) is 4.79. The number of benzene rings is 2. The number of anilines is 1. The van der Waals surface area contributed by atoms with Crippen LogP contribution < -0.4 is 4.90 Å². The van der Waals surface area contributed by atoms with E-state index < -0.39 is 35.0 Å². The van der Waals surface area contributed by atoms with Crippen LogP contribution in [0.4, 0.5) is 32.0 Å². The Morgan fingerprint density at radius 2 is 1.47 bits per heavy atom. The first-order valence-electron chi connectivity index (χ1n) is 9.08. The topological polar surface area (TPSA) is 33.2 Å². The second-order valence-corrected chi connectivity index (χ2v) is 7.39. The Kier molecular flexibility index (Phi) is 6.24. The summed E-state index contributed by atoms with van der Waals surface area (Å²) in [7, 11) is 1.24. The molecule has 0 radical (unpaired) electrons. The summed E-state index contributed by atoms with van der Waals surface area (Å²) in [5.74, 6) is -1.07. The van der Waals surface area contributed by atoms with Crippen LogP contribution in [0.15, 0.2) is 54.7 Å². The zero-order chi connectivity index (χ0) is 23.8. The van der Waals surface area contributed by atoms with Gasteiger partial charge in [-0.25, -0.2) is 4.98 Å². The van der Waals surface area contributed by atoms with E-state index in [0.29, 0.717) is 23.3 Å². The highest BCUT2D eigenvalue weighted by Gasteiger charge is 2.38. The summed E-state index contributed by atoms with van der Waals surface area (Å²) in [4.78, 5) is 17.8. The molecule has 0 fully saturated rings. The summed E-state index contributed by atoms with van der Waals surface area (Å²) in [5.41, 5.74) is -1.81. The molecule has 10 heteroatoms. The number of nitrogens with zero attached hydrogens (tertiary/aromatic N) is 2. The number of halogens is 7. The maximum absolute atomic E-state index is 13.2. The molecule has 0 aliphatic heterocycles. The molecule has 1 heterocycles. The Bertz CT molecular complexity index is 1140. The van der Waals surface area contributed by atoms with Crippen LogP contribution in [0.2, 0.25) is 5.15 Å². The fraction of sp³-hybridized carbons (Fsp3) is 0.182. The fourth-order valence-corrected chi connectivity index (χ4v) is 3.32. The van der Waals surface area contributed by atoms with Crippen LogP contribution in [-0.2, 0) is 12.4 Å². The molecule has 0 saturated heterocycles. The lowest BCUT2D eigenvalue weighted by Crippen LogP contribution is -2.28. The lowest BCUT2D eigenvalue weighted by atomic mass is 9.99. The Morgan fingerprint density at radius 1 is 0.906 bits per heavy atom. The molecule has 32 heavy (non-hydrogen) atoms. The first kappa shape index (κ1) is 23.6. The van der Waals surface area contributed by atoms with Gasteiger partial charge in [0.25, 0.3) is 5.91 Å². The van der Waals surface area contributed by atoms with Crippen molar-refractivity contribution in [1.82, 2.24) is 4.98 Å². The van der Waals surface area contributed by atoms with E-state index in [-0.39, 0.29) is 16.9 Å². The highest BCUT2D eigenvalue weighted by atomic mass is 35.5. The molecule has 3 aromatic rings. The molecule has 3 nitrogen and oxygen atoms in total. The highest BCUT2D eigenvalue weighted by Crippen LogP contribution is 2.38. The van der Waals surface area contributed by atoms with Crippen molar-refractivity contribution in [2.24, 2.45) is 0 Å². The number of amides is 1. The van der Waals surface area contributed by atoms with Gasteiger partial charge in [-0.2, -0.15) is 26.3 Å². The molecule has 0 bridgehead atoms. The lowest BCUT2D eigenvalue weighted by molar-refractivity contribution is -0.143. The molecule has 3 rings (SSSR count). The molecule has 0 N–H and O–H groups in total. The number of rotatable bonds is 3. The Morgan fingerprint density at radius 3 is 2.00 bits per heavy atom. The zero-order valence-corrected chi connectivity index (χ0v) is 17.4. The highest BCUT2D eigenvalue weighted by molar-refractivity contribution is 6.29. The van der Waals surface area contributed by atoms with E-state index in [1.165, 1.54) is 19.3 Å². The number of hydrogen-bond acceptors (Lipinski definition) is 2. The standard InChI is InChI=1S/C22H15ClF6N2O/c1-12-5-3-4-6-16(12)17-10-19(23)30-11-18(17)31(2)20(32)13-7-14(21(24,25)26)9-15(8-13)22(27,28)29/h3-11H,1-2H3. The molecular formula is C22H15ClF6N2O. The fourth-order valence-electron chi connectivity index (χ4n) is 3.16. The summed E-state index contributed by atoms with van der Waals surface area (Å²) in [6.07, 6.45) is -8.90. The van der Waals surface area contributed by atoms with E-state index in [1.807, 2.05) is 0 Å². The van der Waals surface area contributed by atoms with Crippen molar-refractivity contribution in [1.29, 1.82) is 0 Å². The summed E-state index contributed by atoms with van der Waals surface area (Å²) in [6, 6.07) is 9.31. The van der Waals surface area contributed by atoms with Gasteiger partial charge in [-0.05, 0) is 42.3 Å². The molecule has 2 aromatic carbocycles. The smallest absolute Gasteiger partial charge is 0.309 e. The van der Waals surface area contributed by atoms with Crippen molar-refractivity contribution in [3.8, 4) is 11.1 Å². The summed E-state index contributed by atoms with van der Waals surface area (Å²) in [6.45, 7) is 1.80. The minimum absolute atomic E-state index is 0.0284. The Hall–Kier alpha value is -3.07. The predicted octanol–water partition coefficient (Wildman–Crippen LogP) is 7.02. The number of hydrogen-bond donors (Lipinski definition) is 0. The minimum atomic E-state index is -5.07. The maximum Gasteiger partial charge on any atom is 0.416 e. The summed E-state index contributed by atoms with van der Waals surface area (Å²) >= 11 is 6.00. The SMILES string of the molecule is Cc1ccccc1-c1cc(Cl)ncc1N(C)C(=O)c1cc(C(F)(F)F)cc(C(F)(F)F)c1. The summed E-state index contributed by atoms with van der Waals surface area (Å²) < 4.78 is 79.1. The van der Waals surface area contributed by atoms with Gasteiger partial charge in [-0.15, -0.1) is 0 Å². The Labute approximate surface area is 184 Å². The van der Waals surface area contributed by atoms with Gasteiger partial charge in [0.1, 0.15) is 5.15 Å². The van der Waals surface area contributed by atoms with Crippen molar-refractivity contribution in [2.75, 3.05) is 11.9 Å². The van der Waals surface area contributed by atoms with Gasteiger partial charge in [-0.1, -0.05) is 35.9 Å². The van der Waals surface area contributed by atoms with Gasteiger partial charge in [-0.3, -0.25) is 4.79 Å². The van der Waals surface area contributed by atoms with E-state index in [0.717, 1.165) is 10.5 Å². The average Bonchev–Trinajstić information content (AvgIpc) is 2.71. The van der Waals surface area contributed by atoms with Gasteiger partial charge in [0.15, 0.2) is 0 Å². The van der Waals surface area contributed by atoms with Crippen LogP contribution in [-0.4, -0.2) is 17.9 Å². The van der Waals surface area contributed by atoms with Crippen LogP contribution in [0.25, 0.3) is 11.1 Å². The van der Waals surface area contributed by atoms with Gasteiger partial charge < -0.3 is 4.90 Å². The molecule has 0 saturated carbocycles. The number of carbonyl (C=O) groups excluding carboxylic acids is 1. The number of alkyl halides is 6. The third-order valence-corrected chi connectivity index (χ3v) is 4.99. The van der Waals surface area contributed by atoms with Crippen LogP contribution in [0.3, 0.4) is 0 Å². The predicted molar refractivity (Wildman–Crippen MR) is 109 cm³/mol. The lowest BCUT2D eigenvalue weighted by Gasteiger charge is -2.22. The number of carbonyl (C=O) groups is 1. The largest absolute Gasteiger partial charge is 0.416 e. The minimum Gasteiger partial charge on any atom is -0.309 e. The van der Waals surface area contributed by atoms with Crippen molar-refractivity contribution in [3.05, 3.63) is 82.1 Å². The molecule has 168 valence electrons. The van der Waals surface area contributed by atoms with Crippen molar-refractivity contribution >= 4 is 23.2 Å². The van der Waals surface area contributed by atoms with Crippen molar-refractivity contribution in [3.63, 3.8) is 0 Å². The number of aryl methyl sites for hydroxylation is 1. The molecule has 1 aromatic heterocycles. The third kappa shape index (κ3) is 4.88. The van der Waals surface area contributed by atoms with Crippen molar-refractivity contribution in [2.45, 2.75) is 19.3 Å². The average molecular weight is 473 g/mol. The Balaban J connectivity index is 2.13. The second kappa shape index (κ2) is 8.46. The zero-order valence-electron chi connectivity index (χ0n) is 16.6. The monoisotopic (exact) mass is 472 g/mol. The molecule has 0 aliphatic carbocycles. The van der Waals surface area contributed by atoms with Crippen LogP contribution >= 0.6 is 11.6 Å². The maximum atomic E-state index is 13.2. The summed E-state index contributed by atoms with van der Waals surface area (Å²) in [5, 5.41) is 0.103. The first-order valence-corrected chi connectivity index (χ1v) is 9.46. The van der Waals surface area contributed by atoms with Gasteiger partial charge >= 0.3 is 12.4 Å². The van der Waals surface area contributed by atoms with E-state index >= 15 is 0 Å². The normalized spacial score (nSPS) is 12.0. The van der Waals surface area contributed by atoms with Crippen molar-refractivity contribution < 1.29 is 31.1 Å². The van der Waals surface area contributed by atoms with Crippen LogP contribution in [0.1, 0.15) is 27.0 Å². The van der Waals surface area contributed by atoms with Gasteiger partial charge in [0, 0.05) is 18.2 Å². The quantitative estimate of drug-likeness (QED) is 0.303. The van der Waals surface area contributed by atoms with Gasteiger partial charge in [0.2, 0.25) is 0 Å². The van der Waals surface area contributed by atoms with E-state index in [1.54, 1.807) is 31.2 Å².